The fourth-order valence-electron chi connectivity index (χ4n) is 3.45. The maximum atomic E-state index is 12.5. The van der Waals surface area contributed by atoms with Gasteiger partial charge >= 0.3 is 0 Å². The van der Waals surface area contributed by atoms with Crippen LogP contribution in [0.5, 0.6) is 0 Å². The SMILES string of the molecule is CC(C)c1ccc(-c2cnc3nc2NCCCCNS(=O)(=O)c2cccc(c2)N3)cc1. The number of hydrogen-bond donors (Lipinski definition) is 3. The summed E-state index contributed by atoms with van der Waals surface area (Å²) < 4.78 is 27.7. The number of nitrogens with one attached hydrogen (secondary N) is 3. The third-order valence-corrected chi connectivity index (χ3v) is 6.72. The van der Waals surface area contributed by atoms with Gasteiger partial charge in [-0.05, 0) is 48.1 Å². The first-order valence-electron chi connectivity index (χ1n) is 10.5. The van der Waals surface area contributed by atoms with E-state index in [4.69, 9.17) is 0 Å². The van der Waals surface area contributed by atoms with Crippen molar-refractivity contribution < 1.29 is 8.42 Å². The van der Waals surface area contributed by atoms with Gasteiger partial charge in [-0.2, -0.15) is 4.98 Å². The Bertz CT molecular complexity index is 1160. The van der Waals surface area contributed by atoms with Crippen LogP contribution in [0.15, 0.2) is 59.6 Å². The van der Waals surface area contributed by atoms with E-state index >= 15 is 0 Å². The summed E-state index contributed by atoms with van der Waals surface area (Å²) in [5, 5.41) is 6.53. The maximum absolute atomic E-state index is 12.5. The van der Waals surface area contributed by atoms with Crippen molar-refractivity contribution in [2.24, 2.45) is 0 Å². The van der Waals surface area contributed by atoms with Gasteiger partial charge < -0.3 is 10.6 Å². The molecule has 1 aliphatic rings. The Hall–Kier alpha value is -2.97. The third kappa shape index (κ3) is 5.03. The molecule has 8 heteroatoms. The van der Waals surface area contributed by atoms with E-state index in [1.165, 1.54) is 5.56 Å². The van der Waals surface area contributed by atoms with Gasteiger partial charge in [-0.3, -0.25) is 0 Å². The van der Waals surface area contributed by atoms with Crippen LogP contribution in [0.4, 0.5) is 17.5 Å². The molecule has 31 heavy (non-hydrogen) atoms. The summed E-state index contributed by atoms with van der Waals surface area (Å²) in [6, 6.07) is 15.1. The lowest BCUT2D eigenvalue weighted by molar-refractivity contribution is 0.577. The zero-order valence-electron chi connectivity index (χ0n) is 17.7. The number of fused-ring (bicyclic) bond motifs is 4. The Labute approximate surface area is 183 Å². The molecule has 2 aromatic carbocycles. The molecule has 4 rings (SSSR count). The van der Waals surface area contributed by atoms with E-state index in [0.717, 1.165) is 29.8 Å². The molecule has 0 spiro atoms. The topological polar surface area (TPSA) is 96.0 Å². The van der Waals surface area contributed by atoms with Gasteiger partial charge in [-0.1, -0.05) is 44.2 Å². The molecule has 2 heterocycles. The molecule has 3 aromatic rings. The lowest BCUT2D eigenvalue weighted by Gasteiger charge is -2.15. The molecule has 1 aliphatic heterocycles. The fourth-order valence-corrected chi connectivity index (χ4v) is 4.57. The lowest BCUT2D eigenvalue weighted by Crippen LogP contribution is -2.25. The molecule has 3 N–H and O–H groups in total. The van der Waals surface area contributed by atoms with Crippen molar-refractivity contribution in [2.75, 3.05) is 23.7 Å². The number of anilines is 3. The summed E-state index contributed by atoms with van der Waals surface area (Å²) >= 11 is 0. The average molecular weight is 438 g/mol. The molecule has 0 saturated heterocycles. The summed E-state index contributed by atoms with van der Waals surface area (Å²) in [6.45, 7) is 5.42. The van der Waals surface area contributed by atoms with Crippen LogP contribution >= 0.6 is 0 Å². The van der Waals surface area contributed by atoms with E-state index < -0.39 is 10.0 Å². The molecule has 1 aromatic heterocycles. The molecule has 0 atom stereocenters. The predicted octanol–water partition coefficient (Wildman–Crippen LogP) is 4.49. The van der Waals surface area contributed by atoms with Crippen molar-refractivity contribution >= 4 is 27.5 Å². The standard InChI is InChI=1S/C23H27N5O2S/c1-16(2)17-8-10-18(11-9-17)21-15-25-23-27-19-6-5-7-20(14-19)31(29,30)26-13-4-3-12-24-22(21)28-23/h5-11,14-16,26H,3-4,12-13H2,1-2H3,(H2,24,25,27,28). The van der Waals surface area contributed by atoms with Crippen molar-refractivity contribution in [3.8, 4) is 11.1 Å². The van der Waals surface area contributed by atoms with Crippen LogP contribution in [0.2, 0.25) is 0 Å². The Balaban J connectivity index is 1.70. The second kappa shape index (κ2) is 9.03. The Morgan fingerprint density at radius 1 is 1.00 bits per heavy atom. The lowest BCUT2D eigenvalue weighted by atomic mass is 9.99. The summed E-state index contributed by atoms with van der Waals surface area (Å²) in [5.41, 5.74) is 3.88. The van der Waals surface area contributed by atoms with Crippen molar-refractivity contribution in [3.05, 3.63) is 60.3 Å². The second-order valence-electron chi connectivity index (χ2n) is 7.92. The number of nitrogens with zero attached hydrogens (tertiary/aromatic N) is 2. The monoisotopic (exact) mass is 437 g/mol. The van der Waals surface area contributed by atoms with E-state index in [0.29, 0.717) is 30.6 Å². The van der Waals surface area contributed by atoms with Crippen molar-refractivity contribution in [1.29, 1.82) is 0 Å². The normalized spacial score (nSPS) is 16.1. The highest BCUT2D eigenvalue weighted by Gasteiger charge is 2.16. The van der Waals surface area contributed by atoms with E-state index in [-0.39, 0.29) is 4.90 Å². The predicted molar refractivity (Wildman–Crippen MR) is 124 cm³/mol. The van der Waals surface area contributed by atoms with Crippen molar-refractivity contribution in [2.45, 2.75) is 37.5 Å². The number of aromatic nitrogens is 2. The zero-order chi connectivity index (χ0) is 21.8. The Morgan fingerprint density at radius 2 is 1.77 bits per heavy atom. The van der Waals surface area contributed by atoms with Crippen molar-refractivity contribution in [1.82, 2.24) is 14.7 Å². The molecule has 162 valence electrons. The Kier molecular flexibility index (Phi) is 6.20. The molecule has 0 unspecified atom stereocenters. The molecule has 4 bridgehead atoms. The fraction of sp³-hybridized carbons (Fsp3) is 0.304. The van der Waals surface area contributed by atoms with E-state index in [1.54, 1.807) is 30.5 Å². The molecule has 0 saturated carbocycles. The van der Waals surface area contributed by atoms with Gasteiger partial charge in [0, 0.05) is 30.5 Å². The Morgan fingerprint density at radius 3 is 2.55 bits per heavy atom. The number of rotatable bonds is 2. The minimum absolute atomic E-state index is 0.217. The van der Waals surface area contributed by atoms with E-state index in [2.05, 4.69) is 63.4 Å². The molecular formula is C23H27N5O2S. The van der Waals surface area contributed by atoms with Crippen LogP contribution < -0.4 is 15.4 Å². The molecule has 0 amide bonds. The first-order chi connectivity index (χ1) is 14.9. The first kappa shape index (κ1) is 21.3. The van der Waals surface area contributed by atoms with Crippen molar-refractivity contribution in [3.63, 3.8) is 0 Å². The average Bonchev–Trinajstić information content (AvgIpc) is 2.76. The first-order valence-corrected chi connectivity index (χ1v) is 12.0. The van der Waals surface area contributed by atoms with Gasteiger partial charge in [0.1, 0.15) is 5.82 Å². The second-order valence-corrected chi connectivity index (χ2v) is 9.68. The number of hydrogen-bond acceptors (Lipinski definition) is 6. The highest BCUT2D eigenvalue weighted by Crippen LogP contribution is 2.29. The molecule has 0 radical (unpaired) electrons. The van der Waals surface area contributed by atoms with Gasteiger partial charge in [0.15, 0.2) is 0 Å². The van der Waals surface area contributed by atoms with Crippen LogP contribution in [0.3, 0.4) is 0 Å². The van der Waals surface area contributed by atoms with Crippen LogP contribution in [0.1, 0.15) is 38.2 Å². The molecule has 7 nitrogen and oxygen atoms in total. The van der Waals surface area contributed by atoms with Crippen LogP contribution in [-0.4, -0.2) is 31.5 Å². The summed E-state index contributed by atoms with van der Waals surface area (Å²) in [4.78, 5) is 9.38. The molecule has 0 fully saturated rings. The van der Waals surface area contributed by atoms with Crippen LogP contribution in [0, 0.1) is 0 Å². The van der Waals surface area contributed by atoms with Gasteiger partial charge in [0.2, 0.25) is 16.0 Å². The molecular weight excluding hydrogens is 410 g/mol. The summed E-state index contributed by atoms with van der Waals surface area (Å²) in [6.07, 6.45) is 3.33. The molecule has 0 aliphatic carbocycles. The van der Waals surface area contributed by atoms with Gasteiger partial charge in [0.05, 0.1) is 4.90 Å². The minimum Gasteiger partial charge on any atom is -0.369 e. The third-order valence-electron chi connectivity index (χ3n) is 5.27. The number of benzene rings is 2. The van der Waals surface area contributed by atoms with E-state index in [1.807, 2.05) is 0 Å². The van der Waals surface area contributed by atoms with Gasteiger partial charge in [0.25, 0.3) is 0 Å². The number of sulfonamides is 1. The highest BCUT2D eigenvalue weighted by molar-refractivity contribution is 7.89. The van der Waals surface area contributed by atoms with Gasteiger partial charge in [-0.15, -0.1) is 0 Å². The maximum Gasteiger partial charge on any atom is 0.240 e. The summed E-state index contributed by atoms with van der Waals surface area (Å²) in [5.74, 6) is 1.63. The van der Waals surface area contributed by atoms with Crippen LogP contribution in [0.25, 0.3) is 11.1 Å². The smallest absolute Gasteiger partial charge is 0.240 e. The van der Waals surface area contributed by atoms with Gasteiger partial charge in [-0.25, -0.2) is 18.1 Å². The minimum atomic E-state index is -3.54. The highest BCUT2D eigenvalue weighted by atomic mass is 32.2. The van der Waals surface area contributed by atoms with Crippen LogP contribution in [-0.2, 0) is 10.0 Å². The summed E-state index contributed by atoms with van der Waals surface area (Å²) in [7, 11) is -3.54. The quantitative estimate of drug-likeness (QED) is 0.546. The largest absolute Gasteiger partial charge is 0.369 e. The zero-order valence-corrected chi connectivity index (χ0v) is 18.5. The van der Waals surface area contributed by atoms with E-state index in [9.17, 15) is 8.42 Å².